The average Bonchev–Trinajstić information content (AvgIpc) is 2.49. The molecule has 0 amide bonds. The van der Waals surface area contributed by atoms with E-state index in [1.54, 1.807) is 6.20 Å². The Labute approximate surface area is 76.3 Å². The van der Waals surface area contributed by atoms with Crippen molar-refractivity contribution < 1.29 is 5.11 Å². The highest BCUT2D eigenvalue weighted by molar-refractivity contribution is 5.36. The molecule has 1 aromatic carbocycles. The van der Waals surface area contributed by atoms with Crippen LogP contribution in [0.4, 0.5) is 0 Å². The van der Waals surface area contributed by atoms with Gasteiger partial charge in [-0.2, -0.15) is 5.10 Å². The minimum atomic E-state index is 0.200. The summed E-state index contributed by atoms with van der Waals surface area (Å²) in [5, 5.41) is 13.6. The van der Waals surface area contributed by atoms with Gasteiger partial charge in [0.15, 0.2) is 0 Å². The maximum Gasteiger partial charge on any atom is 0.217 e. The van der Waals surface area contributed by atoms with Crippen LogP contribution in [0.5, 0.6) is 5.88 Å². The molecule has 2 aromatic rings. The van der Waals surface area contributed by atoms with Gasteiger partial charge in [-0.1, -0.05) is 18.2 Å². The van der Waals surface area contributed by atoms with Gasteiger partial charge in [0.1, 0.15) is 0 Å². The zero-order valence-corrected chi connectivity index (χ0v) is 7.31. The van der Waals surface area contributed by atoms with Gasteiger partial charge in [-0.05, 0) is 19.1 Å². The summed E-state index contributed by atoms with van der Waals surface area (Å²) in [6, 6.07) is 9.53. The van der Waals surface area contributed by atoms with E-state index in [1.807, 2.05) is 37.3 Å². The summed E-state index contributed by atoms with van der Waals surface area (Å²) in [5.41, 5.74) is 1.65. The molecule has 0 spiro atoms. The highest BCUT2D eigenvalue weighted by Crippen LogP contribution is 2.19. The number of benzene rings is 1. The van der Waals surface area contributed by atoms with Gasteiger partial charge < -0.3 is 5.11 Å². The third kappa shape index (κ3) is 1.28. The first kappa shape index (κ1) is 7.86. The molecule has 0 aliphatic heterocycles. The molecular weight excluding hydrogens is 164 g/mol. The minimum Gasteiger partial charge on any atom is -0.493 e. The molecule has 3 nitrogen and oxygen atoms in total. The Kier molecular flexibility index (Phi) is 1.77. The predicted octanol–water partition coefficient (Wildman–Crippen LogP) is 1.89. The molecule has 0 saturated heterocycles. The van der Waals surface area contributed by atoms with Crippen LogP contribution in [0, 0.1) is 6.92 Å². The number of nitrogens with zero attached hydrogens (tertiary/aromatic N) is 2. The smallest absolute Gasteiger partial charge is 0.217 e. The van der Waals surface area contributed by atoms with Crippen molar-refractivity contribution in [2.45, 2.75) is 6.92 Å². The topological polar surface area (TPSA) is 38.0 Å². The first-order chi connectivity index (χ1) is 6.29. The van der Waals surface area contributed by atoms with E-state index in [-0.39, 0.29) is 5.88 Å². The molecule has 0 atom stereocenters. The molecule has 1 aromatic heterocycles. The quantitative estimate of drug-likeness (QED) is 0.716. The van der Waals surface area contributed by atoms with Crippen LogP contribution in [0.3, 0.4) is 0 Å². The first-order valence-corrected chi connectivity index (χ1v) is 4.08. The number of hydrogen-bond acceptors (Lipinski definition) is 2. The van der Waals surface area contributed by atoms with E-state index in [0.29, 0.717) is 0 Å². The Hall–Kier alpha value is -1.77. The lowest BCUT2D eigenvalue weighted by atomic mass is 10.3. The van der Waals surface area contributed by atoms with Gasteiger partial charge in [-0.15, -0.1) is 0 Å². The lowest BCUT2D eigenvalue weighted by Crippen LogP contribution is -1.94. The van der Waals surface area contributed by atoms with Gasteiger partial charge in [0.2, 0.25) is 5.88 Å². The van der Waals surface area contributed by atoms with Crippen molar-refractivity contribution in [2.24, 2.45) is 0 Å². The monoisotopic (exact) mass is 174 g/mol. The van der Waals surface area contributed by atoms with E-state index in [0.717, 1.165) is 11.3 Å². The van der Waals surface area contributed by atoms with Crippen molar-refractivity contribution in [1.29, 1.82) is 0 Å². The van der Waals surface area contributed by atoms with Gasteiger partial charge in [0, 0.05) is 5.56 Å². The van der Waals surface area contributed by atoms with Crippen molar-refractivity contribution >= 4 is 0 Å². The molecule has 0 radical (unpaired) electrons. The first-order valence-electron chi connectivity index (χ1n) is 4.08. The predicted molar refractivity (Wildman–Crippen MR) is 50.0 cm³/mol. The standard InChI is InChI=1S/C10H10N2O/c1-8-7-11-12(10(8)13)9-5-3-2-4-6-9/h2-7,13H,1H3. The number of aromatic nitrogens is 2. The summed E-state index contributed by atoms with van der Waals surface area (Å²) < 4.78 is 1.51. The second-order valence-corrected chi connectivity index (χ2v) is 2.90. The van der Waals surface area contributed by atoms with E-state index in [2.05, 4.69) is 5.10 Å². The summed E-state index contributed by atoms with van der Waals surface area (Å²) in [6.45, 7) is 1.82. The molecule has 0 unspecified atom stereocenters. The Morgan fingerprint density at radius 3 is 2.46 bits per heavy atom. The summed E-state index contributed by atoms with van der Waals surface area (Å²) in [4.78, 5) is 0. The zero-order valence-electron chi connectivity index (χ0n) is 7.31. The molecule has 2 rings (SSSR count). The minimum absolute atomic E-state index is 0.200. The fourth-order valence-corrected chi connectivity index (χ4v) is 1.18. The largest absolute Gasteiger partial charge is 0.493 e. The van der Waals surface area contributed by atoms with E-state index >= 15 is 0 Å². The normalized spacial score (nSPS) is 10.2. The zero-order chi connectivity index (χ0) is 9.26. The SMILES string of the molecule is Cc1cnn(-c2ccccc2)c1O. The van der Waals surface area contributed by atoms with Crippen LogP contribution in [0.2, 0.25) is 0 Å². The van der Waals surface area contributed by atoms with Crippen LogP contribution in [-0.2, 0) is 0 Å². The van der Waals surface area contributed by atoms with Crippen molar-refractivity contribution in [3.63, 3.8) is 0 Å². The average molecular weight is 174 g/mol. The van der Waals surface area contributed by atoms with Gasteiger partial charge in [-0.3, -0.25) is 0 Å². The van der Waals surface area contributed by atoms with Crippen LogP contribution in [-0.4, -0.2) is 14.9 Å². The molecule has 1 N–H and O–H groups in total. The molecule has 13 heavy (non-hydrogen) atoms. The Balaban J connectivity index is 2.53. The fraction of sp³-hybridized carbons (Fsp3) is 0.100. The van der Waals surface area contributed by atoms with E-state index in [4.69, 9.17) is 0 Å². The van der Waals surface area contributed by atoms with Crippen molar-refractivity contribution in [3.05, 3.63) is 42.1 Å². The molecule has 0 aliphatic carbocycles. The molecule has 0 aliphatic rings. The van der Waals surface area contributed by atoms with Gasteiger partial charge >= 0.3 is 0 Å². The molecule has 66 valence electrons. The number of aryl methyl sites for hydroxylation is 1. The molecule has 3 heteroatoms. The summed E-state index contributed by atoms with van der Waals surface area (Å²) in [7, 11) is 0. The third-order valence-electron chi connectivity index (χ3n) is 1.92. The second kappa shape index (κ2) is 2.94. The summed E-state index contributed by atoms with van der Waals surface area (Å²) in [6.07, 6.45) is 1.64. The van der Waals surface area contributed by atoms with Crippen LogP contribution in [0.25, 0.3) is 5.69 Å². The van der Waals surface area contributed by atoms with Gasteiger partial charge in [0.05, 0.1) is 11.9 Å². The maximum absolute atomic E-state index is 9.59. The second-order valence-electron chi connectivity index (χ2n) is 2.90. The highest BCUT2D eigenvalue weighted by atomic mass is 16.3. The Morgan fingerprint density at radius 2 is 1.92 bits per heavy atom. The number of para-hydroxylation sites is 1. The van der Waals surface area contributed by atoms with Crippen LogP contribution in [0.15, 0.2) is 36.5 Å². The summed E-state index contributed by atoms with van der Waals surface area (Å²) >= 11 is 0. The Bertz CT molecular complexity index is 406. The molecule has 0 bridgehead atoms. The molecule has 1 heterocycles. The van der Waals surface area contributed by atoms with E-state index in [9.17, 15) is 5.11 Å². The fourth-order valence-electron chi connectivity index (χ4n) is 1.18. The lowest BCUT2D eigenvalue weighted by molar-refractivity contribution is 0.430. The number of hydrogen-bond donors (Lipinski definition) is 1. The van der Waals surface area contributed by atoms with Crippen LogP contribution in [0.1, 0.15) is 5.56 Å². The van der Waals surface area contributed by atoms with Gasteiger partial charge in [-0.25, -0.2) is 4.68 Å². The number of aromatic hydroxyl groups is 1. The van der Waals surface area contributed by atoms with Crippen molar-refractivity contribution in [2.75, 3.05) is 0 Å². The van der Waals surface area contributed by atoms with Crippen molar-refractivity contribution in [3.8, 4) is 11.6 Å². The Morgan fingerprint density at radius 1 is 1.23 bits per heavy atom. The van der Waals surface area contributed by atoms with Crippen LogP contribution >= 0.6 is 0 Å². The summed E-state index contributed by atoms with van der Waals surface area (Å²) in [5.74, 6) is 0.200. The maximum atomic E-state index is 9.59. The van der Waals surface area contributed by atoms with E-state index < -0.39 is 0 Å². The molecule has 0 fully saturated rings. The highest BCUT2D eigenvalue weighted by Gasteiger charge is 2.05. The molecule has 0 saturated carbocycles. The van der Waals surface area contributed by atoms with Gasteiger partial charge in [0.25, 0.3) is 0 Å². The molecular formula is C10H10N2O. The third-order valence-corrected chi connectivity index (χ3v) is 1.92. The van der Waals surface area contributed by atoms with E-state index in [1.165, 1.54) is 4.68 Å². The van der Waals surface area contributed by atoms with Crippen LogP contribution < -0.4 is 0 Å². The lowest BCUT2D eigenvalue weighted by Gasteiger charge is -2.01. The van der Waals surface area contributed by atoms with Crippen molar-refractivity contribution in [1.82, 2.24) is 9.78 Å². The number of rotatable bonds is 1.